The highest BCUT2D eigenvalue weighted by molar-refractivity contribution is 7.92. The number of hydrogen-bond donors (Lipinski definition) is 1. The SMILES string of the molecule is N#CC1(S(=O)(=O)NC(=O)c2ccc(Oc3cccc(F)c3)cn2)CC1. The highest BCUT2D eigenvalue weighted by Crippen LogP contribution is 2.42. The van der Waals surface area contributed by atoms with E-state index in [1.807, 2.05) is 4.72 Å². The summed E-state index contributed by atoms with van der Waals surface area (Å²) >= 11 is 0. The van der Waals surface area contributed by atoms with Crippen LogP contribution in [0.1, 0.15) is 23.3 Å². The normalized spacial score (nSPS) is 15.0. The second-order valence-electron chi connectivity index (χ2n) is 5.48. The van der Waals surface area contributed by atoms with Crippen LogP contribution in [0, 0.1) is 17.1 Å². The first kappa shape index (κ1) is 16.9. The third-order valence-electron chi connectivity index (χ3n) is 3.65. The molecule has 0 radical (unpaired) electrons. The first-order valence-corrected chi connectivity index (χ1v) is 8.71. The van der Waals surface area contributed by atoms with Crippen LogP contribution in [0.2, 0.25) is 0 Å². The Morgan fingerprint density at radius 3 is 2.60 bits per heavy atom. The van der Waals surface area contributed by atoms with Crippen molar-refractivity contribution < 1.29 is 22.3 Å². The van der Waals surface area contributed by atoms with Crippen LogP contribution in [0.5, 0.6) is 11.5 Å². The van der Waals surface area contributed by atoms with Crippen molar-refractivity contribution in [3.05, 3.63) is 54.1 Å². The van der Waals surface area contributed by atoms with Crippen LogP contribution in [-0.4, -0.2) is 24.1 Å². The number of halogens is 1. The number of aromatic nitrogens is 1. The van der Waals surface area contributed by atoms with Gasteiger partial charge in [0.2, 0.25) is 0 Å². The minimum atomic E-state index is -4.08. The predicted octanol–water partition coefficient (Wildman–Crippen LogP) is 2.13. The smallest absolute Gasteiger partial charge is 0.283 e. The lowest BCUT2D eigenvalue weighted by Crippen LogP contribution is -2.39. The van der Waals surface area contributed by atoms with Crippen molar-refractivity contribution in [3.8, 4) is 17.6 Å². The van der Waals surface area contributed by atoms with Gasteiger partial charge in [0, 0.05) is 6.07 Å². The third-order valence-corrected chi connectivity index (χ3v) is 5.63. The summed E-state index contributed by atoms with van der Waals surface area (Å²) in [6, 6.07) is 9.87. The second-order valence-corrected chi connectivity index (χ2v) is 7.47. The Bertz CT molecular complexity index is 964. The third kappa shape index (κ3) is 3.44. The van der Waals surface area contributed by atoms with E-state index in [0.717, 1.165) is 0 Å². The highest BCUT2D eigenvalue weighted by Gasteiger charge is 2.56. The van der Waals surface area contributed by atoms with E-state index in [1.165, 1.54) is 36.5 Å². The molecule has 1 aromatic carbocycles. The Balaban J connectivity index is 1.70. The zero-order valence-electron chi connectivity index (χ0n) is 12.8. The molecule has 128 valence electrons. The van der Waals surface area contributed by atoms with Crippen molar-refractivity contribution in [2.45, 2.75) is 17.6 Å². The molecule has 0 bridgehead atoms. The molecule has 0 spiro atoms. The molecule has 25 heavy (non-hydrogen) atoms. The molecule has 1 aliphatic rings. The number of benzene rings is 1. The maximum Gasteiger partial charge on any atom is 0.283 e. The fourth-order valence-electron chi connectivity index (χ4n) is 2.07. The topological polar surface area (TPSA) is 109 Å². The molecule has 1 fully saturated rings. The van der Waals surface area contributed by atoms with E-state index in [-0.39, 0.29) is 30.0 Å². The first-order valence-electron chi connectivity index (χ1n) is 7.23. The number of rotatable bonds is 5. The number of carbonyl (C=O) groups is 1. The van der Waals surface area contributed by atoms with Gasteiger partial charge in [-0.2, -0.15) is 5.26 Å². The monoisotopic (exact) mass is 361 g/mol. The summed E-state index contributed by atoms with van der Waals surface area (Å²) < 4.78 is 42.9. The van der Waals surface area contributed by atoms with E-state index in [9.17, 15) is 17.6 Å². The van der Waals surface area contributed by atoms with Gasteiger partial charge in [0.15, 0.2) is 4.75 Å². The van der Waals surface area contributed by atoms with Gasteiger partial charge in [-0.3, -0.25) is 4.79 Å². The molecule has 0 unspecified atom stereocenters. The van der Waals surface area contributed by atoms with Crippen molar-refractivity contribution in [2.24, 2.45) is 0 Å². The quantitative estimate of drug-likeness (QED) is 0.874. The van der Waals surface area contributed by atoms with Crippen LogP contribution >= 0.6 is 0 Å². The van der Waals surface area contributed by atoms with Crippen molar-refractivity contribution in [1.29, 1.82) is 5.26 Å². The van der Waals surface area contributed by atoms with Crippen LogP contribution in [0.3, 0.4) is 0 Å². The van der Waals surface area contributed by atoms with Crippen LogP contribution in [-0.2, 0) is 10.0 Å². The van der Waals surface area contributed by atoms with E-state index >= 15 is 0 Å². The molecule has 0 atom stereocenters. The molecular weight excluding hydrogens is 349 g/mol. The number of pyridine rings is 1. The van der Waals surface area contributed by atoms with E-state index in [2.05, 4.69) is 4.98 Å². The summed E-state index contributed by atoms with van der Waals surface area (Å²) in [5, 5.41) is 8.93. The number of sulfonamides is 1. The molecule has 1 heterocycles. The highest BCUT2D eigenvalue weighted by atomic mass is 32.2. The van der Waals surface area contributed by atoms with Gasteiger partial charge in [-0.1, -0.05) is 6.07 Å². The molecule has 1 aromatic heterocycles. The summed E-state index contributed by atoms with van der Waals surface area (Å²) in [4.78, 5) is 15.8. The van der Waals surface area contributed by atoms with Crippen molar-refractivity contribution in [2.75, 3.05) is 0 Å². The largest absolute Gasteiger partial charge is 0.456 e. The first-order chi connectivity index (χ1) is 11.9. The van der Waals surface area contributed by atoms with Gasteiger partial charge in [-0.15, -0.1) is 0 Å². The van der Waals surface area contributed by atoms with Gasteiger partial charge in [0.05, 0.1) is 12.3 Å². The minimum absolute atomic E-state index is 0.149. The van der Waals surface area contributed by atoms with Crippen LogP contribution in [0.15, 0.2) is 42.6 Å². The number of nitrogens with one attached hydrogen (secondary N) is 1. The van der Waals surface area contributed by atoms with Gasteiger partial charge in [0.25, 0.3) is 15.9 Å². The van der Waals surface area contributed by atoms with Gasteiger partial charge >= 0.3 is 0 Å². The molecule has 1 amide bonds. The standard InChI is InChI=1S/C16H12FN3O4S/c17-11-2-1-3-12(8-11)24-13-4-5-14(19-9-13)15(21)20-25(22,23)16(10-18)6-7-16/h1-5,8-9H,6-7H2,(H,20,21). The molecule has 9 heteroatoms. The fraction of sp³-hybridized carbons (Fsp3) is 0.188. The zero-order valence-corrected chi connectivity index (χ0v) is 13.6. The van der Waals surface area contributed by atoms with Crippen LogP contribution in [0.25, 0.3) is 0 Å². The Hall–Kier alpha value is -2.99. The molecule has 3 rings (SSSR count). The zero-order chi connectivity index (χ0) is 18.1. The second kappa shape index (κ2) is 6.14. The average molecular weight is 361 g/mol. The summed E-state index contributed by atoms with van der Waals surface area (Å²) in [5.74, 6) is -0.885. The van der Waals surface area contributed by atoms with E-state index in [0.29, 0.717) is 0 Å². The Labute approximate surface area is 143 Å². The lowest BCUT2D eigenvalue weighted by atomic mass is 10.3. The van der Waals surface area contributed by atoms with Crippen molar-refractivity contribution >= 4 is 15.9 Å². The number of nitrogens with zero attached hydrogens (tertiary/aromatic N) is 2. The van der Waals surface area contributed by atoms with Gasteiger partial charge in [-0.05, 0) is 37.1 Å². The minimum Gasteiger partial charge on any atom is -0.456 e. The number of nitriles is 1. The summed E-state index contributed by atoms with van der Waals surface area (Å²) in [6.07, 6.45) is 1.60. The Morgan fingerprint density at radius 2 is 2.04 bits per heavy atom. The molecule has 1 N–H and O–H groups in total. The molecule has 2 aromatic rings. The van der Waals surface area contributed by atoms with Crippen LogP contribution in [0.4, 0.5) is 4.39 Å². The van der Waals surface area contributed by atoms with Crippen molar-refractivity contribution in [1.82, 2.24) is 9.71 Å². The van der Waals surface area contributed by atoms with Gasteiger partial charge in [0.1, 0.15) is 23.0 Å². The van der Waals surface area contributed by atoms with Gasteiger partial charge < -0.3 is 4.74 Å². The summed E-state index contributed by atoms with van der Waals surface area (Å²) in [6.45, 7) is 0. The lowest BCUT2D eigenvalue weighted by Gasteiger charge is -2.10. The molecule has 1 aliphatic carbocycles. The van der Waals surface area contributed by atoms with Crippen LogP contribution < -0.4 is 9.46 Å². The van der Waals surface area contributed by atoms with Gasteiger partial charge in [-0.25, -0.2) is 22.5 Å². The number of hydrogen-bond acceptors (Lipinski definition) is 6. The van der Waals surface area contributed by atoms with E-state index in [1.54, 1.807) is 12.1 Å². The van der Waals surface area contributed by atoms with E-state index < -0.39 is 26.5 Å². The summed E-state index contributed by atoms with van der Waals surface area (Å²) in [7, 11) is -4.08. The number of carbonyl (C=O) groups excluding carboxylic acids is 1. The lowest BCUT2D eigenvalue weighted by molar-refractivity contribution is 0.0976. The Kier molecular flexibility index (Phi) is 4.14. The summed E-state index contributed by atoms with van der Waals surface area (Å²) in [5.41, 5.74) is -0.149. The number of ether oxygens (including phenoxy) is 1. The number of amides is 1. The molecule has 0 aliphatic heterocycles. The molecule has 7 nitrogen and oxygen atoms in total. The average Bonchev–Trinajstić information content (AvgIpc) is 3.37. The maximum absolute atomic E-state index is 13.1. The molecular formula is C16H12FN3O4S. The predicted molar refractivity (Wildman–Crippen MR) is 84.7 cm³/mol. The van der Waals surface area contributed by atoms with E-state index in [4.69, 9.17) is 10.00 Å². The molecule has 0 saturated heterocycles. The Morgan fingerprint density at radius 1 is 1.28 bits per heavy atom. The fourth-order valence-corrected chi connectivity index (χ4v) is 3.37. The maximum atomic E-state index is 13.1. The van der Waals surface area contributed by atoms with Crippen molar-refractivity contribution in [3.63, 3.8) is 0 Å². The molecule has 1 saturated carbocycles.